The van der Waals surface area contributed by atoms with Crippen molar-refractivity contribution in [3.63, 3.8) is 0 Å². The molecule has 0 bridgehead atoms. The number of nitrogens with two attached hydrogens (primary N) is 1. The largest absolute Gasteiger partial charge is 0.396 e. The van der Waals surface area contributed by atoms with Gasteiger partial charge in [0.1, 0.15) is 11.6 Å². The zero-order valence-corrected chi connectivity index (χ0v) is 12.3. The Hall–Kier alpha value is -2.15. The van der Waals surface area contributed by atoms with Gasteiger partial charge in [0.2, 0.25) is 0 Å². The monoisotopic (exact) mass is 312 g/mol. The van der Waals surface area contributed by atoms with Gasteiger partial charge in [-0.05, 0) is 49.2 Å². The normalized spacial score (nSPS) is 11.4. The molecule has 0 fully saturated rings. The second kappa shape index (κ2) is 5.33. The van der Waals surface area contributed by atoms with Crippen LogP contribution in [0.2, 0.25) is 0 Å². The molecule has 0 saturated carbocycles. The highest BCUT2D eigenvalue weighted by Crippen LogP contribution is 2.29. The molecule has 3 N–H and O–H groups in total. The standard InChI is InChI=1S/C14H14F2N2O2S/c1-8-6-12(16)13(17)9(2)14(8)21(19,20)18-11-5-3-4-10(15)7-11/h3-7,18H,17H2,1-2H3. The fraction of sp³-hybridized carbons (Fsp3) is 0.143. The molecule has 21 heavy (non-hydrogen) atoms. The lowest BCUT2D eigenvalue weighted by Crippen LogP contribution is -2.17. The lowest BCUT2D eigenvalue weighted by Gasteiger charge is -2.15. The van der Waals surface area contributed by atoms with Gasteiger partial charge >= 0.3 is 0 Å². The predicted octanol–water partition coefficient (Wildman–Crippen LogP) is 2.96. The molecule has 0 spiro atoms. The van der Waals surface area contributed by atoms with Gasteiger partial charge in [-0.25, -0.2) is 17.2 Å². The first-order valence-corrected chi connectivity index (χ1v) is 7.54. The third kappa shape index (κ3) is 2.97. The molecule has 2 aromatic carbocycles. The SMILES string of the molecule is Cc1cc(F)c(N)c(C)c1S(=O)(=O)Nc1cccc(F)c1. The quantitative estimate of drug-likeness (QED) is 0.856. The number of rotatable bonds is 3. The molecule has 0 amide bonds. The van der Waals surface area contributed by atoms with Crippen molar-refractivity contribution in [1.82, 2.24) is 0 Å². The van der Waals surface area contributed by atoms with Crippen LogP contribution in [0.25, 0.3) is 0 Å². The predicted molar refractivity (Wildman–Crippen MR) is 77.5 cm³/mol. The van der Waals surface area contributed by atoms with Crippen LogP contribution in [0.15, 0.2) is 35.2 Å². The van der Waals surface area contributed by atoms with Crippen molar-refractivity contribution in [1.29, 1.82) is 0 Å². The summed E-state index contributed by atoms with van der Waals surface area (Å²) in [5.74, 6) is -1.24. The van der Waals surface area contributed by atoms with Crippen LogP contribution < -0.4 is 10.5 Å². The smallest absolute Gasteiger partial charge is 0.262 e. The van der Waals surface area contributed by atoms with E-state index in [1.807, 2.05) is 0 Å². The molecule has 0 atom stereocenters. The number of nitrogen functional groups attached to an aromatic ring is 1. The summed E-state index contributed by atoms with van der Waals surface area (Å²) in [5.41, 5.74) is 5.74. The van der Waals surface area contributed by atoms with Crippen LogP contribution in [-0.2, 0) is 10.0 Å². The average molecular weight is 312 g/mol. The molecule has 0 unspecified atom stereocenters. The van der Waals surface area contributed by atoms with Crippen molar-refractivity contribution in [3.8, 4) is 0 Å². The Kier molecular flexibility index (Phi) is 3.87. The molecular formula is C14H14F2N2O2S. The Labute approximate surface area is 121 Å². The molecule has 4 nitrogen and oxygen atoms in total. The van der Waals surface area contributed by atoms with E-state index in [-0.39, 0.29) is 27.4 Å². The Morgan fingerprint density at radius 2 is 1.81 bits per heavy atom. The Balaban J connectivity index is 2.53. The number of nitrogens with one attached hydrogen (secondary N) is 1. The number of benzene rings is 2. The molecule has 0 heterocycles. The van der Waals surface area contributed by atoms with Gasteiger partial charge in [0.25, 0.3) is 10.0 Å². The summed E-state index contributed by atoms with van der Waals surface area (Å²) in [5, 5.41) is 0. The third-order valence-corrected chi connectivity index (χ3v) is 4.72. The summed E-state index contributed by atoms with van der Waals surface area (Å²) in [6.45, 7) is 2.89. The molecule has 112 valence electrons. The summed E-state index contributed by atoms with van der Waals surface area (Å²) >= 11 is 0. The van der Waals surface area contributed by atoms with E-state index in [0.29, 0.717) is 0 Å². The van der Waals surface area contributed by atoms with Crippen LogP contribution in [0.4, 0.5) is 20.2 Å². The van der Waals surface area contributed by atoms with E-state index in [1.165, 1.54) is 32.0 Å². The molecule has 2 rings (SSSR count). The maximum absolute atomic E-state index is 13.5. The van der Waals surface area contributed by atoms with Gasteiger partial charge in [-0.15, -0.1) is 0 Å². The molecule has 0 aliphatic heterocycles. The van der Waals surface area contributed by atoms with E-state index in [4.69, 9.17) is 5.73 Å². The Morgan fingerprint density at radius 3 is 2.43 bits per heavy atom. The van der Waals surface area contributed by atoms with E-state index in [9.17, 15) is 17.2 Å². The van der Waals surface area contributed by atoms with Crippen LogP contribution in [0.3, 0.4) is 0 Å². The highest BCUT2D eigenvalue weighted by molar-refractivity contribution is 7.92. The van der Waals surface area contributed by atoms with Gasteiger partial charge in [0, 0.05) is 0 Å². The zero-order valence-electron chi connectivity index (χ0n) is 11.4. The molecule has 0 aliphatic rings. The maximum Gasteiger partial charge on any atom is 0.262 e. The highest BCUT2D eigenvalue weighted by Gasteiger charge is 2.23. The maximum atomic E-state index is 13.5. The van der Waals surface area contributed by atoms with Crippen LogP contribution in [0.5, 0.6) is 0 Å². The first-order valence-electron chi connectivity index (χ1n) is 6.06. The van der Waals surface area contributed by atoms with Crippen molar-refractivity contribution in [3.05, 3.63) is 53.1 Å². The second-order valence-corrected chi connectivity index (χ2v) is 6.28. The van der Waals surface area contributed by atoms with Crippen LogP contribution in [-0.4, -0.2) is 8.42 Å². The molecule has 0 radical (unpaired) electrons. The summed E-state index contributed by atoms with van der Waals surface area (Å²) in [7, 11) is -3.99. The van der Waals surface area contributed by atoms with Gasteiger partial charge in [-0.2, -0.15) is 0 Å². The summed E-state index contributed by atoms with van der Waals surface area (Å²) < 4.78 is 53.7. The topological polar surface area (TPSA) is 72.2 Å². The van der Waals surface area contributed by atoms with Crippen LogP contribution in [0, 0.1) is 25.5 Å². The van der Waals surface area contributed by atoms with E-state index in [2.05, 4.69) is 4.72 Å². The van der Waals surface area contributed by atoms with Crippen LogP contribution in [0.1, 0.15) is 11.1 Å². The van der Waals surface area contributed by atoms with E-state index in [1.54, 1.807) is 0 Å². The highest BCUT2D eigenvalue weighted by atomic mass is 32.2. The molecular weight excluding hydrogens is 298 g/mol. The van der Waals surface area contributed by atoms with Gasteiger partial charge in [0.15, 0.2) is 0 Å². The molecule has 0 saturated heterocycles. The van der Waals surface area contributed by atoms with E-state index in [0.717, 1.165) is 12.1 Å². The summed E-state index contributed by atoms with van der Waals surface area (Å²) in [6, 6.07) is 6.10. The van der Waals surface area contributed by atoms with Crippen molar-refractivity contribution in [2.24, 2.45) is 0 Å². The second-order valence-electron chi connectivity index (χ2n) is 4.66. The van der Waals surface area contributed by atoms with Crippen molar-refractivity contribution in [2.45, 2.75) is 18.7 Å². The minimum absolute atomic E-state index is 0.0803. The molecule has 7 heteroatoms. The van der Waals surface area contributed by atoms with Gasteiger partial charge in [-0.3, -0.25) is 4.72 Å². The average Bonchev–Trinajstić information content (AvgIpc) is 2.35. The van der Waals surface area contributed by atoms with Gasteiger partial charge in [-0.1, -0.05) is 6.07 Å². The fourth-order valence-electron chi connectivity index (χ4n) is 2.10. The van der Waals surface area contributed by atoms with E-state index < -0.39 is 21.7 Å². The summed E-state index contributed by atoms with van der Waals surface area (Å²) in [4.78, 5) is -0.106. The summed E-state index contributed by atoms with van der Waals surface area (Å²) in [6.07, 6.45) is 0. The Bertz CT molecular complexity index is 805. The molecule has 0 aromatic heterocycles. The lowest BCUT2D eigenvalue weighted by molar-refractivity contribution is 0.598. The minimum Gasteiger partial charge on any atom is -0.396 e. The van der Waals surface area contributed by atoms with Gasteiger partial charge < -0.3 is 5.73 Å². The number of sulfonamides is 1. The Morgan fingerprint density at radius 1 is 1.14 bits per heavy atom. The number of aryl methyl sites for hydroxylation is 1. The molecule has 0 aliphatic carbocycles. The molecule has 2 aromatic rings. The van der Waals surface area contributed by atoms with E-state index >= 15 is 0 Å². The van der Waals surface area contributed by atoms with Crippen molar-refractivity contribution < 1.29 is 17.2 Å². The third-order valence-electron chi connectivity index (χ3n) is 3.05. The lowest BCUT2D eigenvalue weighted by atomic mass is 10.1. The van der Waals surface area contributed by atoms with Crippen LogP contribution >= 0.6 is 0 Å². The van der Waals surface area contributed by atoms with Crippen molar-refractivity contribution in [2.75, 3.05) is 10.5 Å². The number of hydrogen-bond donors (Lipinski definition) is 2. The number of anilines is 2. The first-order chi connectivity index (χ1) is 9.72. The zero-order chi connectivity index (χ0) is 15.8. The van der Waals surface area contributed by atoms with Gasteiger partial charge in [0.05, 0.1) is 16.3 Å². The minimum atomic E-state index is -3.99. The number of halogens is 2. The number of hydrogen-bond acceptors (Lipinski definition) is 3. The fourth-order valence-corrected chi connectivity index (χ4v) is 3.64. The first kappa shape index (κ1) is 15.2. The van der Waals surface area contributed by atoms with Crippen molar-refractivity contribution >= 4 is 21.4 Å².